The quantitative estimate of drug-likeness (QED) is 0.770. The van der Waals surface area contributed by atoms with Gasteiger partial charge in [-0.15, -0.1) is 0 Å². The van der Waals surface area contributed by atoms with Crippen LogP contribution in [0.3, 0.4) is 0 Å². The Kier molecular flexibility index (Phi) is 4.83. The molecule has 0 aliphatic carbocycles. The number of para-hydroxylation sites is 1. The van der Waals surface area contributed by atoms with Crippen LogP contribution in [0, 0.1) is 11.3 Å². The van der Waals surface area contributed by atoms with Crippen molar-refractivity contribution in [2.45, 2.75) is 17.9 Å². The molecule has 132 valence electrons. The van der Waals surface area contributed by atoms with Crippen molar-refractivity contribution >= 4 is 15.9 Å². The number of methoxy groups -OCH3 is 1. The number of sulfone groups is 1. The standard InChI is InChI=1S/C20H17NO4S/c1-14-16(11-15-7-6-10-19(24-2)20(15)25-14)12-18(13-21)26(22,23)17-8-4-3-5-9-17/h3-12,14H,1-2H3/b18-12-. The van der Waals surface area contributed by atoms with Crippen molar-refractivity contribution in [2.75, 3.05) is 7.11 Å². The van der Waals surface area contributed by atoms with E-state index in [2.05, 4.69) is 0 Å². The Hall–Kier alpha value is -3.04. The molecule has 5 nitrogen and oxygen atoms in total. The van der Waals surface area contributed by atoms with Crippen LogP contribution in [0.25, 0.3) is 6.08 Å². The van der Waals surface area contributed by atoms with Gasteiger partial charge in [-0.3, -0.25) is 0 Å². The van der Waals surface area contributed by atoms with Gasteiger partial charge in [0.2, 0.25) is 9.84 Å². The third kappa shape index (κ3) is 3.22. The maximum Gasteiger partial charge on any atom is 0.216 e. The van der Waals surface area contributed by atoms with E-state index in [0.29, 0.717) is 17.1 Å². The molecule has 0 radical (unpaired) electrons. The summed E-state index contributed by atoms with van der Waals surface area (Å²) in [4.78, 5) is -0.239. The molecule has 26 heavy (non-hydrogen) atoms. The van der Waals surface area contributed by atoms with Crippen LogP contribution in [0.2, 0.25) is 0 Å². The van der Waals surface area contributed by atoms with Crippen molar-refractivity contribution in [2.24, 2.45) is 0 Å². The monoisotopic (exact) mass is 367 g/mol. The first kappa shape index (κ1) is 17.8. The van der Waals surface area contributed by atoms with Gasteiger partial charge in [0.1, 0.15) is 17.1 Å². The Morgan fingerprint density at radius 2 is 1.92 bits per heavy atom. The molecule has 2 aromatic carbocycles. The smallest absolute Gasteiger partial charge is 0.216 e. The van der Waals surface area contributed by atoms with Gasteiger partial charge >= 0.3 is 0 Å². The summed E-state index contributed by atoms with van der Waals surface area (Å²) in [6.07, 6.45) is 2.76. The summed E-state index contributed by atoms with van der Waals surface area (Å²) in [6, 6.07) is 15.2. The van der Waals surface area contributed by atoms with Crippen molar-refractivity contribution in [3.8, 4) is 17.6 Å². The van der Waals surface area contributed by atoms with E-state index in [4.69, 9.17) is 9.47 Å². The Balaban J connectivity index is 2.07. The fourth-order valence-electron chi connectivity index (χ4n) is 2.68. The van der Waals surface area contributed by atoms with Gasteiger partial charge in [-0.2, -0.15) is 5.26 Å². The molecule has 0 bridgehead atoms. The van der Waals surface area contributed by atoms with Crippen LogP contribution in [-0.4, -0.2) is 21.6 Å². The molecule has 0 N–H and O–H groups in total. The van der Waals surface area contributed by atoms with Crippen molar-refractivity contribution < 1.29 is 17.9 Å². The molecule has 1 atom stereocenters. The van der Waals surface area contributed by atoms with Crippen LogP contribution in [0.4, 0.5) is 0 Å². The number of allylic oxidation sites excluding steroid dienone is 1. The van der Waals surface area contributed by atoms with Crippen molar-refractivity contribution in [1.29, 1.82) is 5.26 Å². The van der Waals surface area contributed by atoms with Crippen LogP contribution >= 0.6 is 0 Å². The number of nitrogens with zero attached hydrogens (tertiary/aromatic N) is 1. The summed E-state index contributed by atoms with van der Waals surface area (Å²) < 4.78 is 36.6. The minimum atomic E-state index is -3.89. The molecule has 3 rings (SSSR count). The normalized spacial score (nSPS) is 16.7. The second-order valence-electron chi connectivity index (χ2n) is 5.72. The van der Waals surface area contributed by atoms with E-state index in [1.165, 1.54) is 18.2 Å². The highest BCUT2D eigenvalue weighted by Crippen LogP contribution is 2.38. The Morgan fingerprint density at radius 3 is 2.58 bits per heavy atom. The highest BCUT2D eigenvalue weighted by molar-refractivity contribution is 7.95. The van der Waals surface area contributed by atoms with Gasteiger partial charge in [-0.05, 0) is 42.8 Å². The summed E-state index contributed by atoms with van der Waals surface area (Å²) in [6.45, 7) is 1.79. The first-order valence-electron chi connectivity index (χ1n) is 7.94. The maximum atomic E-state index is 12.7. The van der Waals surface area contributed by atoms with Crippen LogP contribution in [0.1, 0.15) is 12.5 Å². The zero-order valence-corrected chi connectivity index (χ0v) is 15.2. The molecule has 1 aliphatic rings. The number of hydrogen-bond acceptors (Lipinski definition) is 5. The van der Waals surface area contributed by atoms with Crippen LogP contribution in [0.5, 0.6) is 11.5 Å². The number of fused-ring (bicyclic) bond motifs is 1. The first-order valence-corrected chi connectivity index (χ1v) is 9.43. The third-order valence-electron chi connectivity index (χ3n) is 4.07. The third-order valence-corrected chi connectivity index (χ3v) is 5.75. The van der Waals surface area contributed by atoms with Gasteiger partial charge in [0, 0.05) is 5.56 Å². The summed E-state index contributed by atoms with van der Waals surface area (Å²) in [5.74, 6) is 1.20. The van der Waals surface area contributed by atoms with E-state index in [1.54, 1.807) is 38.3 Å². The summed E-state index contributed by atoms with van der Waals surface area (Å²) in [5, 5.41) is 9.43. The lowest BCUT2D eigenvalue weighted by atomic mass is 10.0. The molecule has 2 aromatic rings. The molecule has 0 amide bonds. The number of ether oxygens (including phenoxy) is 2. The Labute approximate surface area is 152 Å². The zero-order valence-electron chi connectivity index (χ0n) is 14.3. The summed E-state index contributed by atoms with van der Waals surface area (Å²) in [7, 11) is -2.33. The predicted molar refractivity (Wildman–Crippen MR) is 98.4 cm³/mol. The fraction of sp³-hybridized carbons (Fsp3) is 0.150. The molecule has 0 aromatic heterocycles. The Bertz CT molecular complexity index is 1030. The maximum absolute atomic E-state index is 12.7. The van der Waals surface area contributed by atoms with Gasteiger partial charge in [-0.1, -0.05) is 30.3 Å². The average molecular weight is 367 g/mol. The Morgan fingerprint density at radius 1 is 1.19 bits per heavy atom. The van der Waals surface area contributed by atoms with E-state index < -0.39 is 15.9 Å². The molecule has 0 saturated carbocycles. The van der Waals surface area contributed by atoms with E-state index in [9.17, 15) is 13.7 Å². The lowest BCUT2D eigenvalue weighted by Crippen LogP contribution is -2.19. The summed E-state index contributed by atoms with van der Waals surface area (Å²) in [5.41, 5.74) is 1.37. The van der Waals surface area contributed by atoms with E-state index in [1.807, 2.05) is 24.3 Å². The number of hydrogen-bond donors (Lipinski definition) is 0. The minimum Gasteiger partial charge on any atom is -0.493 e. The molecule has 0 spiro atoms. The first-order chi connectivity index (χ1) is 12.5. The molecule has 0 fully saturated rings. The van der Waals surface area contributed by atoms with E-state index in [-0.39, 0.29) is 9.80 Å². The lowest BCUT2D eigenvalue weighted by molar-refractivity contribution is 0.243. The van der Waals surface area contributed by atoms with Crippen molar-refractivity contribution in [3.63, 3.8) is 0 Å². The number of benzene rings is 2. The van der Waals surface area contributed by atoms with E-state index in [0.717, 1.165) is 5.56 Å². The van der Waals surface area contributed by atoms with Crippen LogP contribution < -0.4 is 9.47 Å². The second kappa shape index (κ2) is 7.06. The van der Waals surface area contributed by atoms with Crippen LogP contribution in [-0.2, 0) is 9.84 Å². The van der Waals surface area contributed by atoms with Gasteiger partial charge in [0.15, 0.2) is 11.5 Å². The number of rotatable bonds is 4. The topological polar surface area (TPSA) is 76.4 Å². The summed E-state index contributed by atoms with van der Waals surface area (Å²) >= 11 is 0. The zero-order chi connectivity index (χ0) is 18.7. The van der Waals surface area contributed by atoms with Crippen molar-refractivity contribution in [1.82, 2.24) is 0 Å². The largest absolute Gasteiger partial charge is 0.493 e. The number of nitriles is 1. The molecule has 0 saturated heterocycles. The highest BCUT2D eigenvalue weighted by Gasteiger charge is 2.25. The van der Waals surface area contributed by atoms with Gasteiger partial charge in [0.25, 0.3) is 0 Å². The molecular weight excluding hydrogens is 350 g/mol. The molecule has 1 heterocycles. The molecule has 1 unspecified atom stereocenters. The van der Waals surface area contributed by atoms with Crippen molar-refractivity contribution in [3.05, 3.63) is 70.6 Å². The van der Waals surface area contributed by atoms with E-state index >= 15 is 0 Å². The minimum absolute atomic E-state index is 0.0832. The van der Waals surface area contributed by atoms with Gasteiger partial charge in [0.05, 0.1) is 12.0 Å². The predicted octanol–water partition coefficient (Wildman–Crippen LogP) is 3.74. The van der Waals surface area contributed by atoms with Crippen LogP contribution in [0.15, 0.2) is 70.0 Å². The average Bonchev–Trinajstić information content (AvgIpc) is 2.66. The molecule has 1 aliphatic heterocycles. The van der Waals surface area contributed by atoms with Gasteiger partial charge in [-0.25, -0.2) is 8.42 Å². The fourth-order valence-corrected chi connectivity index (χ4v) is 3.86. The second-order valence-corrected chi connectivity index (χ2v) is 7.64. The SMILES string of the molecule is COc1cccc2c1OC(C)C(/C=C(/C#N)S(=O)(=O)c1ccccc1)=C2. The molecular formula is C20H17NO4S. The molecule has 6 heteroatoms. The lowest BCUT2D eigenvalue weighted by Gasteiger charge is -2.24. The highest BCUT2D eigenvalue weighted by atomic mass is 32.2. The van der Waals surface area contributed by atoms with Gasteiger partial charge < -0.3 is 9.47 Å².